The van der Waals surface area contributed by atoms with Crippen molar-refractivity contribution in [1.82, 2.24) is 20.2 Å². The molecule has 0 radical (unpaired) electrons. The Morgan fingerprint density at radius 2 is 2.00 bits per heavy atom. The maximum atomic E-state index is 14.6. The van der Waals surface area contributed by atoms with Gasteiger partial charge in [0.15, 0.2) is 11.6 Å². The Bertz CT molecular complexity index is 1360. The van der Waals surface area contributed by atoms with Gasteiger partial charge in [-0.3, -0.25) is 9.78 Å². The van der Waals surface area contributed by atoms with Gasteiger partial charge >= 0.3 is 6.09 Å². The number of fused-ring (bicyclic) bond motifs is 1. The van der Waals surface area contributed by atoms with Crippen LogP contribution in [0, 0.1) is 5.82 Å². The van der Waals surface area contributed by atoms with Crippen LogP contribution in [-0.4, -0.2) is 65.8 Å². The van der Waals surface area contributed by atoms with Crippen molar-refractivity contribution < 1.29 is 23.5 Å². The van der Waals surface area contributed by atoms with Gasteiger partial charge in [-0.15, -0.1) is 0 Å². The molecule has 0 fully saturated rings. The van der Waals surface area contributed by atoms with E-state index in [2.05, 4.69) is 20.6 Å². The molecule has 9 nitrogen and oxygen atoms in total. The number of hydrogen-bond acceptors (Lipinski definition) is 7. The second-order valence-electron chi connectivity index (χ2n) is 9.75. The number of nitrogens with one attached hydrogen (secondary N) is 2. The number of nitrogens with zero attached hydrogens (tertiary/aromatic N) is 3. The van der Waals surface area contributed by atoms with Crippen LogP contribution in [0.15, 0.2) is 42.7 Å². The summed E-state index contributed by atoms with van der Waals surface area (Å²) in [5.74, 6) is 0.121. The lowest BCUT2D eigenvalue weighted by Gasteiger charge is -2.24. The van der Waals surface area contributed by atoms with Gasteiger partial charge in [0.1, 0.15) is 18.0 Å². The molecule has 38 heavy (non-hydrogen) atoms. The fourth-order valence-corrected chi connectivity index (χ4v) is 3.92. The van der Waals surface area contributed by atoms with Gasteiger partial charge in [0.2, 0.25) is 0 Å². The number of carbonyl (C=O) groups excluding carboxylic acids is 2. The van der Waals surface area contributed by atoms with Crippen LogP contribution in [0.1, 0.15) is 31.1 Å². The number of halogens is 2. The summed E-state index contributed by atoms with van der Waals surface area (Å²) in [6.07, 6.45) is 2.57. The molecule has 0 atom stereocenters. The van der Waals surface area contributed by atoms with Crippen LogP contribution < -0.4 is 15.4 Å². The van der Waals surface area contributed by atoms with E-state index in [9.17, 15) is 14.0 Å². The predicted molar refractivity (Wildman–Crippen MR) is 143 cm³/mol. The lowest BCUT2D eigenvalue weighted by atomic mass is 10.0. The molecule has 0 aliphatic carbocycles. The minimum atomic E-state index is -0.607. The number of rotatable bonds is 6. The van der Waals surface area contributed by atoms with Gasteiger partial charge in [-0.25, -0.2) is 14.2 Å². The van der Waals surface area contributed by atoms with Crippen LogP contribution in [0.25, 0.3) is 22.4 Å². The quantitative estimate of drug-likeness (QED) is 0.452. The molecule has 1 aromatic carbocycles. The third-order valence-corrected chi connectivity index (χ3v) is 5.80. The monoisotopic (exact) mass is 541 g/mol. The highest BCUT2D eigenvalue weighted by molar-refractivity contribution is 6.30. The van der Waals surface area contributed by atoms with Crippen LogP contribution in [-0.2, 0) is 4.74 Å². The fraction of sp³-hybridized carbons (Fsp3) is 0.333. The molecule has 2 aromatic heterocycles. The van der Waals surface area contributed by atoms with Gasteiger partial charge in [-0.05, 0) is 51.1 Å². The van der Waals surface area contributed by atoms with E-state index in [-0.39, 0.29) is 24.6 Å². The third-order valence-electron chi connectivity index (χ3n) is 5.57. The van der Waals surface area contributed by atoms with E-state index in [0.29, 0.717) is 52.1 Å². The van der Waals surface area contributed by atoms with Crippen molar-refractivity contribution in [3.8, 4) is 28.1 Å². The maximum absolute atomic E-state index is 14.6. The van der Waals surface area contributed by atoms with Gasteiger partial charge in [-0.2, -0.15) is 0 Å². The minimum Gasteiger partial charge on any atom is -0.487 e. The average molecular weight is 542 g/mol. The molecule has 0 unspecified atom stereocenters. The van der Waals surface area contributed by atoms with Gasteiger partial charge in [0, 0.05) is 54.2 Å². The van der Waals surface area contributed by atoms with Crippen LogP contribution in [0.4, 0.5) is 15.0 Å². The normalized spacial score (nSPS) is 12.6. The van der Waals surface area contributed by atoms with E-state index in [1.165, 1.54) is 29.3 Å². The second kappa shape index (κ2) is 11.2. The lowest BCUT2D eigenvalue weighted by Crippen LogP contribution is -2.39. The summed E-state index contributed by atoms with van der Waals surface area (Å²) in [4.78, 5) is 35.2. The van der Waals surface area contributed by atoms with E-state index < -0.39 is 17.5 Å². The Labute approximate surface area is 225 Å². The molecule has 1 aliphatic rings. The summed E-state index contributed by atoms with van der Waals surface area (Å²) < 4.78 is 25.8. The summed E-state index contributed by atoms with van der Waals surface area (Å²) in [5, 5.41) is 6.35. The molecule has 2 amide bonds. The molecule has 0 bridgehead atoms. The number of benzene rings is 1. The zero-order valence-electron chi connectivity index (χ0n) is 21.6. The molecule has 4 rings (SSSR count). The second-order valence-corrected chi connectivity index (χ2v) is 10.2. The van der Waals surface area contributed by atoms with Gasteiger partial charge in [0.25, 0.3) is 5.91 Å². The number of anilines is 1. The number of amides is 2. The summed E-state index contributed by atoms with van der Waals surface area (Å²) in [6.45, 7) is 6.81. The highest BCUT2D eigenvalue weighted by Crippen LogP contribution is 2.40. The first-order chi connectivity index (χ1) is 18.0. The van der Waals surface area contributed by atoms with Gasteiger partial charge < -0.3 is 25.0 Å². The number of pyridine rings is 2. The maximum Gasteiger partial charge on any atom is 0.410 e. The Kier molecular flexibility index (Phi) is 8.01. The van der Waals surface area contributed by atoms with Crippen LogP contribution in [0.2, 0.25) is 5.02 Å². The molecule has 1 aliphatic heterocycles. The Morgan fingerprint density at radius 1 is 1.21 bits per heavy atom. The first-order valence-corrected chi connectivity index (χ1v) is 12.4. The first kappa shape index (κ1) is 27.1. The number of aromatic nitrogens is 2. The van der Waals surface area contributed by atoms with Crippen molar-refractivity contribution in [3.63, 3.8) is 0 Å². The van der Waals surface area contributed by atoms with Crippen molar-refractivity contribution in [2.75, 3.05) is 38.6 Å². The highest BCUT2D eigenvalue weighted by Gasteiger charge is 2.22. The van der Waals surface area contributed by atoms with E-state index in [0.717, 1.165) is 0 Å². The lowest BCUT2D eigenvalue weighted by molar-refractivity contribution is 0.0299. The number of likely N-dealkylation sites (N-methyl/N-ethyl adjacent to an activating group) is 1. The number of ether oxygens (including phenoxy) is 2. The minimum absolute atomic E-state index is 0.217. The Hall–Kier alpha value is -3.92. The van der Waals surface area contributed by atoms with Crippen molar-refractivity contribution >= 4 is 29.4 Å². The largest absolute Gasteiger partial charge is 0.487 e. The van der Waals surface area contributed by atoms with E-state index >= 15 is 0 Å². The van der Waals surface area contributed by atoms with E-state index in [1.54, 1.807) is 46.1 Å². The molecule has 2 N–H and O–H groups in total. The van der Waals surface area contributed by atoms with Gasteiger partial charge in [0.05, 0.1) is 17.8 Å². The Balaban J connectivity index is 1.56. The van der Waals surface area contributed by atoms with Crippen LogP contribution in [0.3, 0.4) is 0 Å². The van der Waals surface area contributed by atoms with Crippen molar-refractivity contribution in [1.29, 1.82) is 0 Å². The smallest absolute Gasteiger partial charge is 0.410 e. The molecular formula is C27H29ClFN5O4. The average Bonchev–Trinajstić information content (AvgIpc) is 2.88. The molecule has 0 saturated heterocycles. The Morgan fingerprint density at radius 3 is 2.76 bits per heavy atom. The number of carbonyl (C=O) groups is 2. The van der Waals surface area contributed by atoms with E-state index in [4.69, 9.17) is 21.1 Å². The van der Waals surface area contributed by atoms with Crippen LogP contribution >= 0.6 is 11.6 Å². The third kappa shape index (κ3) is 6.49. The summed E-state index contributed by atoms with van der Waals surface area (Å²) in [6, 6.07) is 7.63. The molecule has 3 aromatic rings. The molecule has 200 valence electrons. The fourth-order valence-electron chi connectivity index (χ4n) is 3.75. The van der Waals surface area contributed by atoms with E-state index in [1.807, 2.05) is 0 Å². The van der Waals surface area contributed by atoms with Crippen LogP contribution in [0.5, 0.6) is 5.75 Å². The molecule has 11 heteroatoms. The van der Waals surface area contributed by atoms with Gasteiger partial charge in [-0.1, -0.05) is 11.6 Å². The summed E-state index contributed by atoms with van der Waals surface area (Å²) >= 11 is 6.11. The first-order valence-electron chi connectivity index (χ1n) is 12.1. The van der Waals surface area contributed by atoms with Crippen molar-refractivity contribution in [2.24, 2.45) is 0 Å². The van der Waals surface area contributed by atoms with Crippen molar-refractivity contribution in [3.05, 3.63) is 59.1 Å². The zero-order valence-corrected chi connectivity index (χ0v) is 22.4. The van der Waals surface area contributed by atoms with Crippen molar-refractivity contribution in [2.45, 2.75) is 26.4 Å². The summed E-state index contributed by atoms with van der Waals surface area (Å²) in [5.41, 5.74) is 1.50. The molecule has 0 spiro atoms. The molecule has 0 saturated carbocycles. The standard InChI is InChI=1S/C27H29ClFN5O4/c1-27(2,3)38-26(36)34(4)9-7-32-25(35)17-11-16(14-30-15-17)19-13-22(20-12-18(28)5-6-21(20)29)33-24-23(19)37-10-8-31-24/h5-6,11-15H,7-10H2,1-4H3,(H,31,33)(H,32,35). The predicted octanol–water partition coefficient (Wildman–Crippen LogP) is 5.00. The number of hydrogen-bond donors (Lipinski definition) is 2. The summed E-state index contributed by atoms with van der Waals surface area (Å²) in [7, 11) is 1.60. The SMILES string of the molecule is CN(CCNC(=O)c1cncc(-c2cc(-c3cc(Cl)ccc3F)nc3c2OCCN3)c1)C(=O)OC(C)(C)C. The molecule has 3 heterocycles. The highest BCUT2D eigenvalue weighted by atomic mass is 35.5. The zero-order chi connectivity index (χ0) is 27.4. The molecular weight excluding hydrogens is 513 g/mol. The topological polar surface area (TPSA) is 106 Å².